The molecule has 7 fully saturated rings. The first-order valence-electron chi connectivity index (χ1n) is 17.0. The second-order valence-electron chi connectivity index (χ2n) is 16.6. The van der Waals surface area contributed by atoms with Gasteiger partial charge in [0.15, 0.2) is 17.3 Å². The number of ether oxygens (including phenoxy) is 6. The summed E-state index contributed by atoms with van der Waals surface area (Å²) in [5, 5.41) is 26.0. The number of aliphatic hydroxyl groups is 2. The molecule has 7 aliphatic rings. The van der Waals surface area contributed by atoms with Gasteiger partial charge in [0.25, 0.3) is 5.97 Å². The lowest BCUT2D eigenvalue weighted by Crippen LogP contribution is -2.94. The van der Waals surface area contributed by atoms with E-state index in [9.17, 15) is 24.6 Å². The van der Waals surface area contributed by atoms with Crippen LogP contribution in [0.5, 0.6) is 0 Å². The molecule has 3 saturated heterocycles. The van der Waals surface area contributed by atoms with Crippen LogP contribution >= 0.6 is 0 Å². The first-order valence-corrected chi connectivity index (χ1v) is 17.0. The van der Waals surface area contributed by atoms with Crippen LogP contribution in [0.2, 0.25) is 0 Å². The lowest BCUT2D eigenvalue weighted by atomic mass is 9.33. The van der Waals surface area contributed by atoms with Crippen molar-refractivity contribution in [3.63, 3.8) is 0 Å². The molecular weight excluding hydrogens is 624 g/mol. The number of hydrogen-bond acceptors (Lipinski definition) is 12. The molecule has 4 bridgehead atoms. The molecule has 13 atom stereocenters. The Balaban J connectivity index is 1.50. The number of carbonyl (C=O) groups excluding carboxylic acids is 3. The Labute approximate surface area is 279 Å². The lowest BCUT2D eigenvalue weighted by molar-refractivity contribution is -0.478. The third kappa shape index (κ3) is 3.04. The third-order valence-electron chi connectivity index (χ3n) is 14.4. The Bertz CT molecular complexity index is 1670. The Morgan fingerprint density at radius 3 is 2.35 bits per heavy atom. The molecule has 12 heteroatoms. The van der Waals surface area contributed by atoms with Gasteiger partial charge in [-0.15, -0.1) is 0 Å². The Morgan fingerprint density at radius 2 is 1.75 bits per heavy atom. The molecule has 4 heterocycles. The summed E-state index contributed by atoms with van der Waals surface area (Å²) >= 11 is 0. The van der Waals surface area contributed by atoms with E-state index in [4.69, 9.17) is 32.8 Å². The molecule has 2 N–H and O–H groups in total. The van der Waals surface area contributed by atoms with Gasteiger partial charge in [0.2, 0.25) is 0 Å². The van der Waals surface area contributed by atoms with Crippen molar-refractivity contribution in [2.45, 2.75) is 128 Å². The third-order valence-corrected chi connectivity index (χ3v) is 14.4. The summed E-state index contributed by atoms with van der Waals surface area (Å²) in [4.78, 5) is 40.8. The van der Waals surface area contributed by atoms with Gasteiger partial charge in [0.05, 0.1) is 25.7 Å². The second-order valence-corrected chi connectivity index (χ2v) is 16.6. The number of methoxy groups -OCH3 is 1. The van der Waals surface area contributed by atoms with Crippen molar-refractivity contribution in [1.29, 1.82) is 0 Å². The van der Waals surface area contributed by atoms with Gasteiger partial charge in [-0.05, 0) is 44.1 Å². The zero-order valence-electron chi connectivity index (χ0n) is 29.0. The van der Waals surface area contributed by atoms with Crippen molar-refractivity contribution in [2.75, 3.05) is 7.11 Å². The Hall–Kier alpha value is -2.77. The van der Waals surface area contributed by atoms with Crippen molar-refractivity contribution in [3.05, 3.63) is 35.3 Å². The van der Waals surface area contributed by atoms with Crippen LogP contribution in [0.1, 0.15) is 92.7 Å². The van der Waals surface area contributed by atoms with Crippen molar-refractivity contribution >= 4 is 17.9 Å². The van der Waals surface area contributed by atoms with Crippen molar-refractivity contribution in [1.82, 2.24) is 0 Å². The number of aliphatic hydroxyl groups excluding tert-OH is 1. The molecule has 4 aliphatic carbocycles. The molecule has 0 radical (unpaired) electrons. The van der Waals surface area contributed by atoms with E-state index in [1.807, 2.05) is 41.5 Å². The zero-order valence-corrected chi connectivity index (χ0v) is 29.0. The van der Waals surface area contributed by atoms with E-state index in [2.05, 4.69) is 0 Å². The quantitative estimate of drug-likeness (QED) is 0.256. The normalized spacial score (nSPS) is 52.2. The maximum Gasteiger partial charge on any atom is 0.334 e. The van der Waals surface area contributed by atoms with Gasteiger partial charge in [-0.25, -0.2) is 4.79 Å². The fraction of sp³-hybridized carbons (Fsp3) is 0.750. The molecule has 0 amide bonds. The summed E-state index contributed by atoms with van der Waals surface area (Å²) in [7, 11) is 1.33. The van der Waals surface area contributed by atoms with Crippen molar-refractivity contribution in [2.24, 2.45) is 34.0 Å². The topological polar surface area (TPSA) is 160 Å². The van der Waals surface area contributed by atoms with Crippen LogP contribution in [0.3, 0.4) is 0 Å². The number of fused-ring (bicyclic) bond motifs is 3. The van der Waals surface area contributed by atoms with Crippen LogP contribution in [0.25, 0.3) is 0 Å². The fourth-order valence-corrected chi connectivity index (χ4v) is 12.7. The highest BCUT2D eigenvalue weighted by Gasteiger charge is 3.04. The maximum atomic E-state index is 14.6. The minimum atomic E-state index is -2.14. The molecule has 0 aromatic carbocycles. The molecule has 4 saturated carbocycles. The summed E-state index contributed by atoms with van der Waals surface area (Å²) < 4.78 is 44.6. The van der Waals surface area contributed by atoms with E-state index in [0.29, 0.717) is 24.0 Å². The first-order chi connectivity index (χ1) is 22.3. The summed E-state index contributed by atoms with van der Waals surface area (Å²) in [6, 6.07) is 1.70. The molecule has 8 rings (SSSR count). The minimum absolute atomic E-state index is 0.0713. The van der Waals surface area contributed by atoms with Gasteiger partial charge in [0.1, 0.15) is 17.3 Å². The smallest absolute Gasteiger partial charge is 0.334 e. The number of allylic oxidation sites excluding steroid dienone is 1. The van der Waals surface area contributed by atoms with Crippen LogP contribution in [0, 0.1) is 34.0 Å². The van der Waals surface area contributed by atoms with E-state index in [1.54, 1.807) is 13.0 Å². The molecule has 1 aromatic heterocycles. The highest BCUT2D eigenvalue weighted by Crippen LogP contribution is 2.90. The molecule has 13 unspecified atom stereocenters. The molecule has 12 nitrogen and oxygen atoms in total. The predicted octanol–water partition coefficient (Wildman–Crippen LogP) is 3.88. The Morgan fingerprint density at radius 1 is 1.06 bits per heavy atom. The molecule has 262 valence electrons. The van der Waals surface area contributed by atoms with E-state index >= 15 is 0 Å². The highest BCUT2D eigenvalue weighted by molar-refractivity contribution is 5.92. The molecule has 1 aromatic rings. The average molecular weight is 671 g/mol. The van der Waals surface area contributed by atoms with Gasteiger partial charge in [0, 0.05) is 53.6 Å². The van der Waals surface area contributed by atoms with Gasteiger partial charge < -0.3 is 43.1 Å². The molecule has 48 heavy (non-hydrogen) atoms. The monoisotopic (exact) mass is 670 g/mol. The average Bonchev–Trinajstić information content (AvgIpc) is 3.71. The summed E-state index contributed by atoms with van der Waals surface area (Å²) in [5.41, 5.74) is -8.31. The summed E-state index contributed by atoms with van der Waals surface area (Å²) in [6.45, 7) is 14.6. The highest BCUT2D eigenvalue weighted by atomic mass is 16.9. The van der Waals surface area contributed by atoms with Gasteiger partial charge >= 0.3 is 17.9 Å². The maximum absolute atomic E-state index is 14.6. The van der Waals surface area contributed by atoms with Crippen LogP contribution in [-0.2, 0) is 42.8 Å². The minimum Gasteiger partial charge on any atom is -0.472 e. The standard InChI is InChI=1S/C36H46O12/c1-17(2)18(3)23-24-29(5,25(39)20-10-13-43-15-20)11-12-33-31(7)21(14-22(38)42-9)30(6)16-34(31)35(41,27(30)44-19(4)37)28(45-26(23)40)36(24,33)48-32(8,46-33)47-34/h10,13,15,17,21,24-25,27-28,39,41H,11-12,14,16H2,1-9H3/b23-18+. The zero-order chi connectivity index (χ0) is 34.8. The predicted molar refractivity (Wildman–Crippen MR) is 163 cm³/mol. The molecule has 3 aliphatic heterocycles. The number of hydrogen-bond donors (Lipinski definition) is 2. The largest absolute Gasteiger partial charge is 0.472 e. The van der Waals surface area contributed by atoms with E-state index in [-0.39, 0.29) is 18.8 Å². The molecular formula is C36H46O12. The van der Waals surface area contributed by atoms with Crippen molar-refractivity contribution in [3.8, 4) is 0 Å². The van der Waals surface area contributed by atoms with Gasteiger partial charge in [-0.1, -0.05) is 40.2 Å². The van der Waals surface area contributed by atoms with Crippen LogP contribution in [-0.4, -0.2) is 75.8 Å². The molecule has 3 spiro atoms. The first kappa shape index (κ1) is 32.4. The fourth-order valence-electron chi connectivity index (χ4n) is 12.7. The van der Waals surface area contributed by atoms with E-state index in [1.165, 1.54) is 26.6 Å². The SMILES string of the molecule is COC(=O)CC1C2(C)CC34OC5(C)OC67C(/C(=C(/C)C(C)C)C(=O)OC6C3(O)C2OC(C)=O)C(C)(C(O)c2ccoc2)CCC7(O5)C14C. The van der Waals surface area contributed by atoms with Gasteiger partial charge in [-0.2, -0.15) is 0 Å². The van der Waals surface area contributed by atoms with E-state index < -0.39 is 92.7 Å². The van der Waals surface area contributed by atoms with Crippen LogP contribution in [0.15, 0.2) is 34.2 Å². The second kappa shape index (κ2) is 9.11. The number of furan rings is 1. The Kier molecular flexibility index (Phi) is 6.16. The summed E-state index contributed by atoms with van der Waals surface area (Å²) in [6.07, 6.45) is -0.0595. The summed E-state index contributed by atoms with van der Waals surface area (Å²) in [5.74, 6) is -5.08. The number of rotatable bonds is 6. The number of carbonyl (C=O) groups is 3. The van der Waals surface area contributed by atoms with Gasteiger partial charge in [-0.3, -0.25) is 9.59 Å². The van der Waals surface area contributed by atoms with Crippen molar-refractivity contribution < 1.29 is 57.4 Å². The van der Waals surface area contributed by atoms with Crippen LogP contribution < -0.4 is 0 Å². The van der Waals surface area contributed by atoms with Crippen LogP contribution in [0.4, 0.5) is 0 Å². The number of esters is 3. The lowest BCUT2D eigenvalue weighted by Gasteiger charge is -2.77. The van der Waals surface area contributed by atoms with E-state index in [0.717, 1.165) is 5.57 Å².